The van der Waals surface area contributed by atoms with Crippen LogP contribution in [0.3, 0.4) is 0 Å². The summed E-state index contributed by atoms with van der Waals surface area (Å²) in [6.45, 7) is 3.91. The fraction of sp³-hybridized carbons (Fsp3) is 0.467. The molecule has 3 nitrogen and oxygen atoms in total. The van der Waals surface area contributed by atoms with Crippen molar-refractivity contribution in [1.29, 1.82) is 0 Å². The molecule has 0 N–H and O–H groups in total. The van der Waals surface area contributed by atoms with Crippen molar-refractivity contribution in [2.75, 3.05) is 0 Å². The van der Waals surface area contributed by atoms with Gasteiger partial charge in [0.15, 0.2) is 0 Å². The lowest BCUT2D eigenvalue weighted by molar-refractivity contribution is -0.121. The largest absolute Gasteiger partial charge is 0.331 e. The number of fused-ring (bicyclic) bond motifs is 1. The zero-order valence-electron chi connectivity index (χ0n) is 11.3. The summed E-state index contributed by atoms with van der Waals surface area (Å²) in [5.74, 6) is 1.55. The maximum atomic E-state index is 11.6. The van der Waals surface area contributed by atoms with Crippen molar-refractivity contribution in [2.24, 2.45) is 13.0 Å². The van der Waals surface area contributed by atoms with Gasteiger partial charge in [-0.2, -0.15) is 0 Å². The van der Waals surface area contributed by atoms with Gasteiger partial charge in [-0.25, -0.2) is 4.98 Å². The smallest absolute Gasteiger partial charge is 0.135 e. The molecule has 1 aromatic heterocycles. The average Bonchev–Trinajstić information content (AvgIpc) is 2.67. The Morgan fingerprint density at radius 1 is 1.33 bits per heavy atom. The Balaban J connectivity index is 2.04. The minimum Gasteiger partial charge on any atom is -0.331 e. The first-order valence-corrected chi connectivity index (χ1v) is 6.52. The third-order valence-electron chi connectivity index (χ3n) is 3.35. The molecule has 0 bridgehead atoms. The van der Waals surface area contributed by atoms with E-state index in [0.29, 0.717) is 12.2 Å². The van der Waals surface area contributed by atoms with Crippen LogP contribution in [0.25, 0.3) is 11.0 Å². The second kappa shape index (κ2) is 5.34. The van der Waals surface area contributed by atoms with E-state index < -0.39 is 0 Å². The first-order valence-electron chi connectivity index (χ1n) is 6.52. The Morgan fingerprint density at radius 2 is 2.06 bits per heavy atom. The summed E-state index contributed by atoms with van der Waals surface area (Å²) in [6, 6.07) is 8.13. The van der Waals surface area contributed by atoms with Crippen LogP contribution in [0.4, 0.5) is 0 Å². The number of aromatic nitrogens is 2. The Labute approximate surface area is 108 Å². The number of hydrogen-bond donors (Lipinski definition) is 0. The van der Waals surface area contributed by atoms with E-state index in [1.54, 1.807) is 0 Å². The van der Waals surface area contributed by atoms with Gasteiger partial charge in [-0.15, -0.1) is 0 Å². The highest BCUT2D eigenvalue weighted by Gasteiger charge is 2.10. The van der Waals surface area contributed by atoms with E-state index in [9.17, 15) is 4.79 Å². The molecule has 0 atom stereocenters. The summed E-state index contributed by atoms with van der Waals surface area (Å²) in [5, 5.41) is 0. The highest BCUT2D eigenvalue weighted by Crippen LogP contribution is 2.16. The third kappa shape index (κ3) is 2.61. The van der Waals surface area contributed by atoms with E-state index in [0.717, 1.165) is 29.7 Å². The van der Waals surface area contributed by atoms with Crippen LogP contribution in [0, 0.1) is 5.92 Å². The molecule has 0 radical (unpaired) electrons. The molecule has 0 amide bonds. The molecule has 1 heterocycles. The summed E-state index contributed by atoms with van der Waals surface area (Å²) in [7, 11) is 2.04. The molecular weight excluding hydrogens is 224 g/mol. The minimum atomic E-state index is 0.144. The number of rotatable bonds is 5. The third-order valence-corrected chi connectivity index (χ3v) is 3.35. The highest BCUT2D eigenvalue weighted by atomic mass is 16.1. The second-order valence-electron chi connectivity index (χ2n) is 5.05. The van der Waals surface area contributed by atoms with Crippen molar-refractivity contribution >= 4 is 16.8 Å². The van der Waals surface area contributed by atoms with Gasteiger partial charge < -0.3 is 4.57 Å². The molecule has 0 unspecified atom stereocenters. The lowest BCUT2D eigenvalue weighted by Crippen LogP contribution is -2.07. The van der Waals surface area contributed by atoms with Crippen LogP contribution in [0.2, 0.25) is 0 Å². The monoisotopic (exact) mass is 244 g/mol. The van der Waals surface area contributed by atoms with E-state index in [1.165, 1.54) is 0 Å². The van der Waals surface area contributed by atoms with Crippen molar-refractivity contribution in [3.05, 3.63) is 30.1 Å². The fourth-order valence-corrected chi connectivity index (χ4v) is 2.13. The Bertz CT molecular complexity index is 555. The number of Topliss-reactive ketones (excluding diaryl/α,β-unsaturated/α-hetero) is 1. The number of para-hydroxylation sites is 2. The number of carbonyl (C=O) groups is 1. The van der Waals surface area contributed by atoms with E-state index in [4.69, 9.17) is 0 Å². The fourth-order valence-electron chi connectivity index (χ4n) is 2.13. The number of hydrogen-bond acceptors (Lipinski definition) is 2. The lowest BCUT2D eigenvalue weighted by atomic mass is 10.0. The molecule has 0 aliphatic rings. The number of benzene rings is 1. The topological polar surface area (TPSA) is 34.9 Å². The molecule has 0 spiro atoms. The van der Waals surface area contributed by atoms with E-state index >= 15 is 0 Å². The maximum absolute atomic E-state index is 11.6. The number of imidazole rings is 1. The summed E-state index contributed by atoms with van der Waals surface area (Å²) >= 11 is 0. The van der Waals surface area contributed by atoms with Gasteiger partial charge >= 0.3 is 0 Å². The Hall–Kier alpha value is -1.64. The van der Waals surface area contributed by atoms with E-state index in [2.05, 4.69) is 15.6 Å². The molecule has 0 fully saturated rings. The van der Waals surface area contributed by atoms with Crippen molar-refractivity contribution < 1.29 is 4.79 Å². The standard InChI is InChI=1S/C15H20N2O/c1-11(2)14(18)9-6-10-15-16-12-7-4-5-8-13(12)17(15)3/h4-5,7-8,11H,6,9-10H2,1-3H3. The van der Waals surface area contributed by atoms with Crippen molar-refractivity contribution in [1.82, 2.24) is 9.55 Å². The quantitative estimate of drug-likeness (QED) is 0.810. The van der Waals surface area contributed by atoms with Gasteiger partial charge in [-0.1, -0.05) is 26.0 Å². The summed E-state index contributed by atoms with van der Waals surface area (Å²) in [4.78, 5) is 16.2. The van der Waals surface area contributed by atoms with Crippen LogP contribution in [0.5, 0.6) is 0 Å². The molecule has 1 aromatic carbocycles. The van der Waals surface area contributed by atoms with Crippen LogP contribution in [-0.2, 0) is 18.3 Å². The van der Waals surface area contributed by atoms with Gasteiger partial charge in [0.2, 0.25) is 0 Å². The van der Waals surface area contributed by atoms with Gasteiger partial charge in [0.25, 0.3) is 0 Å². The van der Waals surface area contributed by atoms with Crippen LogP contribution < -0.4 is 0 Å². The number of nitrogens with zero attached hydrogens (tertiary/aromatic N) is 2. The second-order valence-corrected chi connectivity index (χ2v) is 5.05. The Kier molecular flexibility index (Phi) is 3.80. The molecule has 2 rings (SSSR count). The molecule has 0 aliphatic heterocycles. The number of aryl methyl sites for hydroxylation is 2. The van der Waals surface area contributed by atoms with Gasteiger partial charge in [0.05, 0.1) is 11.0 Å². The molecule has 0 saturated heterocycles. The van der Waals surface area contributed by atoms with Crippen LogP contribution in [0.1, 0.15) is 32.5 Å². The normalized spacial score (nSPS) is 11.3. The van der Waals surface area contributed by atoms with Crippen LogP contribution in [0.15, 0.2) is 24.3 Å². The summed E-state index contributed by atoms with van der Waals surface area (Å²) in [5.41, 5.74) is 2.19. The first-order chi connectivity index (χ1) is 8.59. The van der Waals surface area contributed by atoms with E-state index in [1.807, 2.05) is 39.1 Å². The summed E-state index contributed by atoms with van der Waals surface area (Å²) in [6.07, 6.45) is 2.40. The van der Waals surface area contributed by atoms with Gasteiger partial charge in [0, 0.05) is 25.8 Å². The zero-order chi connectivity index (χ0) is 13.1. The molecule has 2 aromatic rings. The SMILES string of the molecule is CC(C)C(=O)CCCc1nc2ccccc2n1C. The van der Waals surface area contributed by atoms with Crippen LogP contribution in [-0.4, -0.2) is 15.3 Å². The molecule has 96 valence electrons. The van der Waals surface area contributed by atoms with Crippen molar-refractivity contribution in [3.63, 3.8) is 0 Å². The molecule has 0 saturated carbocycles. The lowest BCUT2D eigenvalue weighted by Gasteiger charge is -2.04. The summed E-state index contributed by atoms with van der Waals surface area (Å²) < 4.78 is 2.12. The highest BCUT2D eigenvalue weighted by molar-refractivity contribution is 5.80. The predicted molar refractivity (Wildman–Crippen MR) is 73.5 cm³/mol. The van der Waals surface area contributed by atoms with Crippen LogP contribution >= 0.6 is 0 Å². The predicted octanol–water partition coefficient (Wildman–Crippen LogP) is 3.12. The molecular formula is C15H20N2O. The van der Waals surface area contributed by atoms with Crippen molar-refractivity contribution in [3.8, 4) is 0 Å². The average molecular weight is 244 g/mol. The number of carbonyl (C=O) groups excluding carboxylic acids is 1. The minimum absolute atomic E-state index is 0.144. The first kappa shape index (κ1) is 12.8. The zero-order valence-corrected chi connectivity index (χ0v) is 11.3. The molecule has 0 aliphatic carbocycles. The Morgan fingerprint density at radius 3 is 2.72 bits per heavy atom. The number of ketones is 1. The maximum Gasteiger partial charge on any atom is 0.135 e. The van der Waals surface area contributed by atoms with Crippen molar-refractivity contribution in [2.45, 2.75) is 33.1 Å². The molecule has 3 heteroatoms. The van der Waals surface area contributed by atoms with E-state index in [-0.39, 0.29) is 5.92 Å². The van der Waals surface area contributed by atoms with Gasteiger partial charge in [-0.3, -0.25) is 4.79 Å². The van der Waals surface area contributed by atoms with Gasteiger partial charge in [0.1, 0.15) is 11.6 Å². The van der Waals surface area contributed by atoms with Gasteiger partial charge in [-0.05, 0) is 18.6 Å². The molecule has 18 heavy (non-hydrogen) atoms.